The van der Waals surface area contributed by atoms with Crippen LogP contribution in [0.3, 0.4) is 0 Å². The molecule has 9 heteroatoms. The summed E-state index contributed by atoms with van der Waals surface area (Å²) in [5, 5.41) is 6.38. The number of aliphatic imine (C=N–C) groups is 1. The van der Waals surface area contributed by atoms with Gasteiger partial charge in [-0.05, 0) is 50.9 Å². The van der Waals surface area contributed by atoms with Crippen molar-refractivity contribution in [3.8, 4) is 0 Å². The van der Waals surface area contributed by atoms with Crippen LogP contribution in [0.5, 0.6) is 0 Å². The van der Waals surface area contributed by atoms with Crippen molar-refractivity contribution in [2.45, 2.75) is 64.4 Å². The lowest BCUT2D eigenvalue weighted by Crippen LogP contribution is -2.43. The molecule has 2 fully saturated rings. The van der Waals surface area contributed by atoms with E-state index in [0.717, 1.165) is 32.4 Å². The molecule has 3 N–H and O–H groups in total. The van der Waals surface area contributed by atoms with Crippen LogP contribution < -0.4 is 15.4 Å². The van der Waals surface area contributed by atoms with Crippen molar-refractivity contribution in [2.24, 2.45) is 16.8 Å². The lowest BCUT2D eigenvalue weighted by molar-refractivity contribution is 0.0169. The molecule has 1 atom stereocenters. The van der Waals surface area contributed by atoms with Gasteiger partial charge in [0.25, 0.3) is 0 Å². The summed E-state index contributed by atoms with van der Waals surface area (Å²) in [7, 11) is -1.52. The Morgan fingerprint density at radius 3 is 2.36 bits per heavy atom. The van der Waals surface area contributed by atoms with Crippen LogP contribution in [0, 0.1) is 11.8 Å². The molecule has 0 aromatic rings. The zero-order valence-electron chi connectivity index (χ0n) is 17.4. The molecule has 0 aromatic carbocycles. The van der Waals surface area contributed by atoms with Crippen LogP contribution in [-0.4, -0.2) is 59.5 Å². The molecule has 0 aromatic heterocycles. The molecule has 0 radical (unpaired) electrons. The summed E-state index contributed by atoms with van der Waals surface area (Å²) in [6, 6.07) is 0. The van der Waals surface area contributed by atoms with Crippen LogP contribution >= 0.6 is 24.0 Å². The summed E-state index contributed by atoms with van der Waals surface area (Å²) in [5.74, 6) is 1.91. The first-order chi connectivity index (χ1) is 13.0. The number of halogens is 1. The maximum absolute atomic E-state index is 12.0. The van der Waals surface area contributed by atoms with E-state index in [-0.39, 0.29) is 29.7 Å². The van der Waals surface area contributed by atoms with E-state index in [9.17, 15) is 8.42 Å². The van der Waals surface area contributed by atoms with E-state index >= 15 is 0 Å². The summed E-state index contributed by atoms with van der Waals surface area (Å²) in [4.78, 5) is 4.18. The van der Waals surface area contributed by atoms with Gasteiger partial charge in [0, 0.05) is 33.3 Å². The molecule has 2 rings (SSSR count). The highest BCUT2D eigenvalue weighted by Crippen LogP contribution is 2.30. The molecule has 2 saturated carbocycles. The maximum Gasteiger partial charge on any atom is 0.213 e. The van der Waals surface area contributed by atoms with Gasteiger partial charge in [0.2, 0.25) is 10.0 Å². The molecule has 7 nitrogen and oxygen atoms in total. The third kappa shape index (κ3) is 9.58. The minimum atomic E-state index is -3.22. The fourth-order valence-electron chi connectivity index (χ4n) is 3.87. The predicted molar refractivity (Wildman–Crippen MR) is 126 cm³/mol. The Morgan fingerprint density at radius 2 is 1.79 bits per heavy atom. The van der Waals surface area contributed by atoms with Crippen molar-refractivity contribution >= 4 is 40.0 Å². The van der Waals surface area contributed by atoms with E-state index in [2.05, 4.69) is 27.3 Å². The molecule has 2 aliphatic rings. The predicted octanol–water partition coefficient (Wildman–Crippen LogP) is 2.47. The largest absolute Gasteiger partial charge is 0.378 e. The Morgan fingerprint density at radius 1 is 1.11 bits per heavy atom. The molecule has 0 bridgehead atoms. The molecule has 28 heavy (non-hydrogen) atoms. The van der Waals surface area contributed by atoms with Crippen molar-refractivity contribution < 1.29 is 13.2 Å². The molecule has 0 aliphatic heterocycles. The molecular weight excluding hydrogens is 491 g/mol. The van der Waals surface area contributed by atoms with Crippen LogP contribution in [0.4, 0.5) is 0 Å². The highest BCUT2D eigenvalue weighted by atomic mass is 127. The first-order valence-electron chi connectivity index (χ1n) is 10.6. The first-order valence-corrected chi connectivity index (χ1v) is 12.2. The van der Waals surface area contributed by atoms with E-state index < -0.39 is 10.0 Å². The third-order valence-corrected chi connectivity index (χ3v) is 7.08. The molecule has 0 heterocycles. The van der Waals surface area contributed by atoms with Crippen LogP contribution in [0.1, 0.15) is 58.3 Å². The fourth-order valence-corrected chi connectivity index (χ4v) is 4.87. The van der Waals surface area contributed by atoms with Gasteiger partial charge in [-0.1, -0.05) is 19.3 Å². The first kappa shape index (κ1) is 25.9. The van der Waals surface area contributed by atoms with Gasteiger partial charge < -0.3 is 15.4 Å². The van der Waals surface area contributed by atoms with Crippen LogP contribution in [-0.2, 0) is 14.8 Å². The Kier molecular flexibility index (Phi) is 12.9. The normalized spacial score (nSPS) is 19.7. The van der Waals surface area contributed by atoms with Crippen LogP contribution in [0.2, 0.25) is 0 Å². The van der Waals surface area contributed by atoms with Gasteiger partial charge in [-0.2, -0.15) is 0 Å². The molecule has 0 saturated heterocycles. The lowest BCUT2D eigenvalue weighted by Gasteiger charge is -2.25. The minimum absolute atomic E-state index is 0. The quantitative estimate of drug-likeness (QED) is 0.205. The van der Waals surface area contributed by atoms with E-state index in [1.807, 2.05) is 0 Å². The SMILES string of the molecule is CCOC(CCNC(=NC)NCCS(=O)(=O)NCC1CCC1)C1CCCC1.I. The smallest absolute Gasteiger partial charge is 0.213 e. The molecule has 1 unspecified atom stereocenters. The van der Waals surface area contributed by atoms with Crippen molar-refractivity contribution in [1.82, 2.24) is 15.4 Å². The van der Waals surface area contributed by atoms with Crippen molar-refractivity contribution in [1.29, 1.82) is 0 Å². The number of rotatable bonds is 12. The number of nitrogens with zero attached hydrogens (tertiary/aromatic N) is 1. The van der Waals surface area contributed by atoms with Gasteiger partial charge in [0.15, 0.2) is 5.96 Å². The van der Waals surface area contributed by atoms with Crippen molar-refractivity contribution in [3.05, 3.63) is 0 Å². The van der Waals surface area contributed by atoms with Crippen molar-refractivity contribution in [2.75, 3.05) is 39.0 Å². The van der Waals surface area contributed by atoms with E-state index in [0.29, 0.717) is 37.0 Å². The van der Waals surface area contributed by atoms with Crippen LogP contribution in [0.25, 0.3) is 0 Å². The van der Waals surface area contributed by atoms with Gasteiger partial charge in [0.05, 0.1) is 11.9 Å². The number of nitrogens with one attached hydrogen (secondary N) is 3. The molecular formula is C19H39IN4O3S. The van der Waals surface area contributed by atoms with Gasteiger partial charge in [-0.3, -0.25) is 4.99 Å². The second-order valence-electron chi connectivity index (χ2n) is 7.72. The van der Waals surface area contributed by atoms with E-state index in [4.69, 9.17) is 4.74 Å². The second kappa shape index (κ2) is 14.0. The molecule has 0 amide bonds. The number of ether oxygens (including phenoxy) is 1. The Bertz CT molecular complexity index is 549. The van der Waals surface area contributed by atoms with E-state index in [1.54, 1.807) is 7.05 Å². The zero-order valence-corrected chi connectivity index (χ0v) is 20.6. The zero-order chi connectivity index (χ0) is 19.5. The number of guanidine groups is 1. The minimum Gasteiger partial charge on any atom is -0.378 e. The summed E-state index contributed by atoms with van der Waals surface area (Å²) in [6.07, 6.45) is 9.91. The monoisotopic (exact) mass is 530 g/mol. The number of hydrogen-bond donors (Lipinski definition) is 3. The third-order valence-electron chi connectivity index (χ3n) is 5.73. The second-order valence-corrected chi connectivity index (χ2v) is 9.64. The highest BCUT2D eigenvalue weighted by molar-refractivity contribution is 14.0. The molecule has 0 spiro atoms. The Labute approximate surface area is 188 Å². The topological polar surface area (TPSA) is 91.8 Å². The molecule has 2 aliphatic carbocycles. The van der Waals surface area contributed by atoms with Gasteiger partial charge in [-0.25, -0.2) is 13.1 Å². The number of sulfonamides is 1. The maximum atomic E-state index is 12.0. The summed E-state index contributed by atoms with van der Waals surface area (Å²) >= 11 is 0. The number of hydrogen-bond acceptors (Lipinski definition) is 4. The summed E-state index contributed by atoms with van der Waals surface area (Å²) in [6.45, 7) is 4.50. The highest BCUT2D eigenvalue weighted by Gasteiger charge is 2.25. The fraction of sp³-hybridized carbons (Fsp3) is 0.947. The van der Waals surface area contributed by atoms with Gasteiger partial charge in [0.1, 0.15) is 0 Å². The van der Waals surface area contributed by atoms with E-state index in [1.165, 1.54) is 32.1 Å². The summed E-state index contributed by atoms with van der Waals surface area (Å²) < 4.78 is 32.7. The standard InChI is InChI=1S/C19H38N4O3S.HI/c1-3-26-18(17-9-4-5-10-17)11-12-21-19(20-2)22-13-14-27(24,25)23-15-16-7-6-8-16;/h16-18,23H,3-15H2,1-2H3,(H2,20,21,22);1H. The summed E-state index contributed by atoms with van der Waals surface area (Å²) in [5.41, 5.74) is 0. The average molecular weight is 531 g/mol. The van der Waals surface area contributed by atoms with Crippen LogP contribution in [0.15, 0.2) is 4.99 Å². The van der Waals surface area contributed by atoms with Crippen molar-refractivity contribution in [3.63, 3.8) is 0 Å². The Hall–Kier alpha value is -0.130. The van der Waals surface area contributed by atoms with Gasteiger partial charge in [-0.15, -0.1) is 24.0 Å². The lowest BCUT2D eigenvalue weighted by atomic mass is 9.86. The van der Waals surface area contributed by atoms with Gasteiger partial charge >= 0.3 is 0 Å². The Balaban J connectivity index is 0.00000392. The molecule has 166 valence electrons. The average Bonchev–Trinajstić information content (AvgIpc) is 3.12.